The zero-order valence-electron chi connectivity index (χ0n) is 9.87. The average Bonchev–Trinajstić information content (AvgIpc) is 2.96. The number of aromatic nitrogens is 2. The van der Waals surface area contributed by atoms with E-state index in [0.29, 0.717) is 11.8 Å². The quantitative estimate of drug-likeness (QED) is 0.781. The standard InChI is InChI=1S/C11H12N4O3/c1-6(16)4-8-10(17)15(5-12-8)11-13-9(18-14-11)7-2-3-7/h5,7-8H,2-4H2,1H3. The van der Waals surface area contributed by atoms with Crippen molar-refractivity contribution in [3.63, 3.8) is 0 Å². The molecule has 18 heavy (non-hydrogen) atoms. The van der Waals surface area contributed by atoms with Crippen LogP contribution >= 0.6 is 0 Å². The maximum atomic E-state index is 12.0. The monoisotopic (exact) mass is 248 g/mol. The minimum atomic E-state index is -0.648. The lowest BCUT2D eigenvalue weighted by Crippen LogP contribution is -2.32. The van der Waals surface area contributed by atoms with Gasteiger partial charge < -0.3 is 4.52 Å². The highest BCUT2D eigenvalue weighted by atomic mass is 16.5. The van der Waals surface area contributed by atoms with E-state index in [0.717, 1.165) is 12.8 Å². The van der Waals surface area contributed by atoms with Gasteiger partial charge in [-0.25, -0.2) is 4.90 Å². The maximum absolute atomic E-state index is 12.0. The van der Waals surface area contributed by atoms with Gasteiger partial charge in [0.1, 0.15) is 18.2 Å². The highest BCUT2D eigenvalue weighted by Crippen LogP contribution is 2.39. The van der Waals surface area contributed by atoms with Gasteiger partial charge >= 0.3 is 0 Å². The summed E-state index contributed by atoms with van der Waals surface area (Å²) in [5.41, 5.74) is 0. The smallest absolute Gasteiger partial charge is 0.278 e. The van der Waals surface area contributed by atoms with Crippen molar-refractivity contribution in [2.45, 2.75) is 38.1 Å². The fourth-order valence-electron chi connectivity index (χ4n) is 1.81. The van der Waals surface area contributed by atoms with Crippen LogP contribution in [0, 0.1) is 0 Å². The molecule has 7 heteroatoms. The van der Waals surface area contributed by atoms with Gasteiger partial charge in [0.05, 0.1) is 0 Å². The molecule has 0 aromatic carbocycles. The lowest BCUT2D eigenvalue weighted by molar-refractivity contribution is -0.123. The van der Waals surface area contributed by atoms with Crippen molar-refractivity contribution in [1.82, 2.24) is 10.1 Å². The predicted molar refractivity (Wildman–Crippen MR) is 61.3 cm³/mol. The lowest BCUT2D eigenvalue weighted by atomic mass is 10.1. The third kappa shape index (κ3) is 1.92. The molecule has 0 N–H and O–H groups in total. The van der Waals surface area contributed by atoms with Crippen LogP contribution in [0.15, 0.2) is 9.52 Å². The van der Waals surface area contributed by atoms with Crippen molar-refractivity contribution in [1.29, 1.82) is 0 Å². The van der Waals surface area contributed by atoms with Gasteiger partial charge in [0, 0.05) is 12.3 Å². The Morgan fingerprint density at radius 1 is 1.56 bits per heavy atom. The lowest BCUT2D eigenvalue weighted by Gasteiger charge is -2.08. The molecule has 2 heterocycles. The molecule has 0 spiro atoms. The fraction of sp³-hybridized carbons (Fsp3) is 0.545. The van der Waals surface area contributed by atoms with Gasteiger partial charge in [0.15, 0.2) is 0 Å². The molecule has 1 aromatic rings. The van der Waals surface area contributed by atoms with Gasteiger partial charge in [-0.2, -0.15) is 4.98 Å². The van der Waals surface area contributed by atoms with Crippen LogP contribution in [0.25, 0.3) is 0 Å². The van der Waals surface area contributed by atoms with Crippen LogP contribution in [0.4, 0.5) is 5.95 Å². The van der Waals surface area contributed by atoms with Crippen molar-refractivity contribution in [3.05, 3.63) is 5.89 Å². The number of amides is 1. The van der Waals surface area contributed by atoms with Gasteiger partial charge in [-0.15, -0.1) is 0 Å². The second kappa shape index (κ2) is 4.01. The average molecular weight is 248 g/mol. The Morgan fingerprint density at radius 2 is 2.33 bits per heavy atom. The molecular weight excluding hydrogens is 236 g/mol. The SMILES string of the molecule is CC(=O)CC1N=CN(c2noc(C3CC3)n2)C1=O. The van der Waals surface area contributed by atoms with Gasteiger partial charge in [0.25, 0.3) is 11.9 Å². The summed E-state index contributed by atoms with van der Waals surface area (Å²) >= 11 is 0. The zero-order valence-corrected chi connectivity index (χ0v) is 9.87. The molecule has 1 unspecified atom stereocenters. The molecule has 0 radical (unpaired) electrons. The summed E-state index contributed by atoms with van der Waals surface area (Å²) in [4.78, 5) is 32.4. The Morgan fingerprint density at radius 3 is 3.00 bits per heavy atom. The third-order valence-corrected chi connectivity index (χ3v) is 2.94. The summed E-state index contributed by atoms with van der Waals surface area (Å²) in [7, 11) is 0. The number of aliphatic imine (C=N–C) groups is 1. The van der Waals surface area contributed by atoms with Gasteiger partial charge in [-0.3, -0.25) is 14.6 Å². The number of hydrogen-bond acceptors (Lipinski definition) is 6. The summed E-state index contributed by atoms with van der Waals surface area (Å²) in [6.07, 6.45) is 3.57. The molecule has 1 fully saturated rings. The van der Waals surface area contributed by atoms with Crippen LogP contribution in [-0.2, 0) is 9.59 Å². The molecule has 1 aromatic heterocycles. The van der Waals surface area contributed by atoms with Crippen molar-refractivity contribution in [2.75, 3.05) is 4.90 Å². The highest BCUT2D eigenvalue weighted by molar-refractivity contribution is 6.14. The van der Waals surface area contributed by atoms with Crippen LogP contribution in [0.5, 0.6) is 0 Å². The summed E-state index contributed by atoms with van der Waals surface area (Å²) in [6, 6.07) is -0.648. The van der Waals surface area contributed by atoms with Crippen molar-refractivity contribution < 1.29 is 14.1 Å². The summed E-state index contributed by atoms with van der Waals surface area (Å²) in [5, 5.41) is 3.77. The number of ketones is 1. The molecule has 1 amide bonds. The van der Waals surface area contributed by atoms with Crippen molar-refractivity contribution >= 4 is 24.0 Å². The second-order valence-electron chi connectivity index (χ2n) is 4.60. The number of carbonyl (C=O) groups excluding carboxylic acids is 2. The fourth-order valence-corrected chi connectivity index (χ4v) is 1.81. The summed E-state index contributed by atoms with van der Waals surface area (Å²) in [5.74, 6) is 0.763. The van der Waals surface area contributed by atoms with E-state index in [1.165, 1.54) is 18.2 Å². The molecule has 1 aliphatic carbocycles. The van der Waals surface area contributed by atoms with Crippen LogP contribution in [0.3, 0.4) is 0 Å². The molecule has 1 saturated carbocycles. The molecule has 94 valence electrons. The second-order valence-corrected chi connectivity index (χ2v) is 4.60. The Kier molecular flexibility index (Phi) is 2.46. The first-order valence-electron chi connectivity index (χ1n) is 5.84. The Hall–Kier alpha value is -2.05. The number of Topliss-reactive ketones (excluding diaryl/α,β-unsaturated/α-hetero) is 1. The summed E-state index contributed by atoms with van der Waals surface area (Å²) < 4.78 is 5.08. The largest absolute Gasteiger partial charge is 0.337 e. The molecule has 1 aliphatic heterocycles. The highest BCUT2D eigenvalue weighted by Gasteiger charge is 2.35. The van der Waals surface area contributed by atoms with Crippen LogP contribution < -0.4 is 4.90 Å². The van der Waals surface area contributed by atoms with E-state index >= 15 is 0 Å². The van der Waals surface area contributed by atoms with Crippen LogP contribution in [0.2, 0.25) is 0 Å². The molecule has 0 saturated heterocycles. The van der Waals surface area contributed by atoms with Crippen molar-refractivity contribution in [3.8, 4) is 0 Å². The molecule has 7 nitrogen and oxygen atoms in total. The van der Waals surface area contributed by atoms with Crippen LogP contribution in [-0.4, -0.2) is 34.2 Å². The first-order chi connectivity index (χ1) is 8.65. The van der Waals surface area contributed by atoms with E-state index in [-0.39, 0.29) is 24.1 Å². The van der Waals surface area contributed by atoms with Gasteiger partial charge in [-0.1, -0.05) is 0 Å². The van der Waals surface area contributed by atoms with E-state index in [1.54, 1.807) is 0 Å². The number of anilines is 1. The molecular formula is C11H12N4O3. The Bertz CT molecular complexity index is 532. The van der Waals surface area contributed by atoms with Crippen LogP contribution in [0.1, 0.15) is 38.0 Å². The van der Waals surface area contributed by atoms with E-state index in [1.807, 2.05) is 0 Å². The van der Waals surface area contributed by atoms with Gasteiger partial charge in [0.2, 0.25) is 5.89 Å². The zero-order chi connectivity index (χ0) is 12.7. The maximum Gasteiger partial charge on any atom is 0.278 e. The number of carbonyl (C=O) groups is 2. The molecule has 1 atom stereocenters. The third-order valence-electron chi connectivity index (χ3n) is 2.94. The first kappa shape index (κ1) is 11.1. The van der Waals surface area contributed by atoms with Crippen molar-refractivity contribution in [2.24, 2.45) is 4.99 Å². The number of hydrogen-bond donors (Lipinski definition) is 0. The Labute approximate surface area is 103 Å². The van der Waals surface area contributed by atoms with E-state index < -0.39 is 6.04 Å². The normalized spacial score (nSPS) is 22.8. The Balaban J connectivity index is 1.75. The number of nitrogens with zero attached hydrogens (tertiary/aromatic N) is 4. The first-order valence-corrected chi connectivity index (χ1v) is 5.84. The molecule has 2 aliphatic rings. The predicted octanol–water partition coefficient (Wildman–Crippen LogP) is 0.670. The topological polar surface area (TPSA) is 88.7 Å². The minimum Gasteiger partial charge on any atom is -0.337 e. The minimum absolute atomic E-state index is 0.0702. The van der Waals surface area contributed by atoms with Gasteiger partial charge in [-0.05, 0) is 24.9 Å². The molecule has 3 rings (SSSR count). The number of rotatable bonds is 4. The molecule has 0 bridgehead atoms. The van der Waals surface area contributed by atoms with E-state index in [4.69, 9.17) is 4.52 Å². The summed E-state index contributed by atoms with van der Waals surface area (Å²) in [6.45, 7) is 1.44. The van der Waals surface area contributed by atoms with E-state index in [2.05, 4.69) is 15.1 Å². The van der Waals surface area contributed by atoms with E-state index in [9.17, 15) is 9.59 Å².